The maximum atomic E-state index is 11.0. The molecule has 0 unspecified atom stereocenters. The molecule has 4 N–H and O–H groups in total. The van der Waals surface area contributed by atoms with Crippen LogP contribution in [-0.2, 0) is 25.7 Å². The second-order valence-electron chi connectivity index (χ2n) is 8.74. The molecule has 4 nitrogen and oxygen atoms in total. The van der Waals surface area contributed by atoms with Gasteiger partial charge in [0.2, 0.25) is 0 Å². The van der Waals surface area contributed by atoms with Crippen LogP contribution < -0.4 is 0 Å². The van der Waals surface area contributed by atoms with Gasteiger partial charge in [0.1, 0.15) is 23.0 Å². The average molecular weight is 575 g/mol. The molecule has 0 spiro atoms. The van der Waals surface area contributed by atoms with Gasteiger partial charge in [-0.2, -0.15) is 0 Å². The summed E-state index contributed by atoms with van der Waals surface area (Å²) in [7, 11) is 0. The first-order valence-electron chi connectivity index (χ1n) is 15.6. The molecule has 0 aliphatic carbocycles. The number of benzene rings is 4. The van der Waals surface area contributed by atoms with E-state index in [9.17, 15) is 20.4 Å². The minimum atomic E-state index is 0.168. The highest BCUT2D eigenvalue weighted by molar-refractivity contribution is 5.52. The summed E-state index contributed by atoms with van der Waals surface area (Å²) in [4.78, 5) is 0. The van der Waals surface area contributed by atoms with Crippen molar-refractivity contribution in [2.24, 2.45) is 0 Å². The molecule has 4 aromatic carbocycles. The number of rotatable bonds is 7. The van der Waals surface area contributed by atoms with E-state index in [0.29, 0.717) is 30.4 Å². The van der Waals surface area contributed by atoms with Gasteiger partial charge in [0.25, 0.3) is 0 Å². The van der Waals surface area contributed by atoms with Gasteiger partial charge in [-0.3, -0.25) is 0 Å². The Morgan fingerprint density at radius 1 is 0.381 bits per heavy atom. The van der Waals surface area contributed by atoms with Gasteiger partial charge >= 0.3 is 0 Å². The Balaban J connectivity index is 0.00000194. The van der Waals surface area contributed by atoms with E-state index in [1.807, 2.05) is 142 Å². The fourth-order valence-corrected chi connectivity index (χ4v) is 4.41. The molecule has 0 fully saturated rings. The number of hydrogen-bond donors (Lipinski definition) is 4. The van der Waals surface area contributed by atoms with E-state index < -0.39 is 0 Å². The Hall–Kier alpha value is -3.92. The van der Waals surface area contributed by atoms with E-state index in [-0.39, 0.29) is 23.0 Å². The summed E-state index contributed by atoms with van der Waals surface area (Å²) in [6.07, 6.45) is 1.92. The third kappa shape index (κ3) is 10.2. The molecule has 0 atom stereocenters. The van der Waals surface area contributed by atoms with Gasteiger partial charge in [-0.15, -0.1) is 0 Å². The third-order valence-corrected chi connectivity index (χ3v) is 6.45. The summed E-state index contributed by atoms with van der Waals surface area (Å²) < 4.78 is 0. The highest BCUT2D eigenvalue weighted by Gasteiger charge is 2.15. The van der Waals surface area contributed by atoms with E-state index in [1.54, 1.807) is 0 Å². The summed E-state index contributed by atoms with van der Waals surface area (Å²) in [5.74, 6) is 0.860. The maximum absolute atomic E-state index is 11.0. The van der Waals surface area contributed by atoms with Gasteiger partial charge in [-0.1, -0.05) is 135 Å². The van der Waals surface area contributed by atoms with Gasteiger partial charge in [0, 0.05) is 19.3 Å². The molecule has 0 saturated carbocycles. The Kier molecular flexibility index (Phi) is 18.9. The number of phenols is 4. The van der Waals surface area contributed by atoms with Gasteiger partial charge in [0.15, 0.2) is 0 Å². The smallest absolute Gasteiger partial charge is 0.122 e. The second kappa shape index (κ2) is 20.9. The molecule has 4 aromatic rings. The van der Waals surface area contributed by atoms with Crippen LogP contribution in [0.5, 0.6) is 23.0 Å². The zero-order chi connectivity index (χ0) is 32.2. The fraction of sp³-hybridized carbons (Fsp3) is 0.368. The van der Waals surface area contributed by atoms with E-state index in [1.165, 1.54) is 0 Å². The first kappa shape index (κ1) is 38.1. The standard InChI is InChI=1S/C30H30O4.4C2H6/c1-3-20-9-5-11-22(28(20)32)17-24-13-7-15-26(30(24)34)18-25-14-6-12-23(29(25)33)16-21-10-4-8-19(2)27(21)31;4*1-2/h4-15,31-34H,3,16-18H2,1-2H3;4*1-2H3. The summed E-state index contributed by atoms with van der Waals surface area (Å²) in [6.45, 7) is 19.8. The van der Waals surface area contributed by atoms with Crippen LogP contribution in [0.1, 0.15) is 107 Å². The molecule has 230 valence electrons. The van der Waals surface area contributed by atoms with Crippen LogP contribution in [0.15, 0.2) is 72.8 Å². The van der Waals surface area contributed by atoms with Crippen molar-refractivity contribution in [1.29, 1.82) is 0 Å². The maximum Gasteiger partial charge on any atom is 0.122 e. The van der Waals surface area contributed by atoms with Crippen molar-refractivity contribution in [3.8, 4) is 23.0 Å². The SMILES string of the molecule is CC.CC.CC.CC.CCc1cccc(Cc2cccc(Cc3cccc(Cc4cccc(C)c4O)c3O)c2O)c1O. The molecule has 0 aliphatic heterocycles. The normalized spacial score (nSPS) is 9.48. The monoisotopic (exact) mass is 574 g/mol. The van der Waals surface area contributed by atoms with Gasteiger partial charge in [0.05, 0.1) is 0 Å². The topological polar surface area (TPSA) is 80.9 Å². The number of para-hydroxylation sites is 4. The zero-order valence-corrected chi connectivity index (χ0v) is 27.5. The quantitative estimate of drug-likeness (QED) is 0.177. The minimum Gasteiger partial charge on any atom is -0.507 e. The predicted molar refractivity (Wildman–Crippen MR) is 180 cm³/mol. The molecule has 0 saturated heterocycles. The van der Waals surface area contributed by atoms with Crippen LogP contribution in [0.3, 0.4) is 0 Å². The van der Waals surface area contributed by atoms with Gasteiger partial charge < -0.3 is 20.4 Å². The molecule has 42 heavy (non-hydrogen) atoms. The third-order valence-electron chi connectivity index (χ3n) is 6.45. The molecular weight excluding hydrogens is 520 g/mol. The molecular formula is C38H54O4. The Bertz CT molecular complexity index is 1320. The minimum absolute atomic E-state index is 0.168. The number of phenolic OH excluding ortho intramolecular Hbond substituents is 4. The first-order valence-corrected chi connectivity index (χ1v) is 15.6. The zero-order valence-electron chi connectivity index (χ0n) is 27.5. The lowest BCUT2D eigenvalue weighted by Crippen LogP contribution is -1.98. The summed E-state index contributed by atoms with van der Waals surface area (Å²) in [6, 6.07) is 22.5. The molecule has 0 bridgehead atoms. The average Bonchev–Trinajstić information content (AvgIpc) is 3.04. The fourth-order valence-electron chi connectivity index (χ4n) is 4.41. The summed E-state index contributed by atoms with van der Waals surface area (Å²) >= 11 is 0. The van der Waals surface area contributed by atoms with Crippen LogP contribution >= 0.6 is 0 Å². The van der Waals surface area contributed by atoms with Crippen molar-refractivity contribution in [2.75, 3.05) is 0 Å². The van der Waals surface area contributed by atoms with E-state index >= 15 is 0 Å². The van der Waals surface area contributed by atoms with Crippen molar-refractivity contribution < 1.29 is 20.4 Å². The van der Waals surface area contributed by atoms with Crippen LogP contribution in [-0.4, -0.2) is 20.4 Å². The van der Waals surface area contributed by atoms with Crippen molar-refractivity contribution in [1.82, 2.24) is 0 Å². The molecule has 0 aliphatic rings. The highest BCUT2D eigenvalue weighted by Crippen LogP contribution is 2.34. The Morgan fingerprint density at radius 3 is 0.929 bits per heavy atom. The van der Waals surface area contributed by atoms with Crippen molar-refractivity contribution in [2.45, 2.75) is 94.9 Å². The lowest BCUT2D eigenvalue weighted by Gasteiger charge is -2.14. The van der Waals surface area contributed by atoms with Crippen molar-refractivity contribution >= 4 is 0 Å². The Morgan fingerprint density at radius 2 is 0.619 bits per heavy atom. The molecule has 0 amide bonds. The highest BCUT2D eigenvalue weighted by atomic mass is 16.3. The number of hydrogen-bond acceptors (Lipinski definition) is 4. The van der Waals surface area contributed by atoms with Crippen LogP contribution in [0.4, 0.5) is 0 Å². The van der Waals surface area contributed by atoms with Crippen molar-refractivity contribution in [3.05, 3.63) is 117 Å². The van der Waals surface area contributed by atoms with Gasteiger partial charge in [-0.05, 0) is 57.9 Å². The number of aromatic hydroxyl groups is 4. The largest absolute Gasteiger partial charge is 0.507 e. The summed E-state index contributed by atoms with van der Waals surface area (Å²) in [5, 5.41) is 42.9. The predicted octanol–water partition coefficient (Wildman–Crippen LogP) is 10.3. The van der Waals surface area contributed by atoms with Crippen LogP contribution in [0, 0.1) is 6.92 Å². The van der Waals surface area contributed by atoms with Crippen LogP contribution in [0.25, 0.3) is 0 Å². The van der Waals surface area contributed by atoms with E-state index in [2.05, 4.69) is 0 Å². The number of aryl methyl sites for hydroxylation is 2. The van der Waals surface area contributed by atoms with E-state index in [4.69, 9.17) is 0 Å². The first-order chi connectivity index (χ1) is 20.4. The summed E-state index contributed by atoms with van der Waals surface area (Å²) in [5.41, 5.74) is 6.06. The Labute approximate surface area is 255 Å². The van der Waals surface area contributed by atoms with Crippen molar-refractivity contribution in [3.63, 3.8) is 0 Å². The molecule has 0 aromatic heterocycles. The lowest BCUT2D eigenvalue weighted by molar-refractivity contribution is 0.453. The van der Waals surface area contributed by atoms with Gasteiger partial charge in [-0.25, -0.2) is 0 Å². The molecule has 0 heterocycles. The molecule has 4 rings (SSSR count). The lowest BCUT2D eigenvalue weighted by atomic mass is 9.94. The van der Waals surface area contributed by atoms with Crippen LogP contribution in [0.2, 0.25) is 0 Å². The molecule has 4 heteroatoms. The molecule has 0 radical (unpaired) electrons. The second-order valence-corrected chi connectivity index (χ2v) is 8.74. The van der Waals surface area contributed by atoms with E-state index in [0.717, 1.165) is 39.8 Å².